The van der Waals surface area contributed by atoms with Crippen molar-refractivity contribution in [2.75, 3.05) is 26.2 Å². The maximum Gasteiger partial charge on any atom is 0.245 e. The summed E-state index contributed by atoms with van der Waals surface area (Å²) >= 11 is 0. The molecule has 0 unspecified atom stereocenters. The number of hydrogen-bond donors (Lipinski definition) is 6. The van der Waals surface area contributed by atoms with E-state index < -0.39 is 35.8 Å². The van der Waals surface area contributed by atoms with E-state index in [1.807, 2.05) is 35.2 Å². The van der Waals surface area contributed by atoms with Crippen molar-refractivity contribution in [2.24, 2.45) is 11.7 Å². The molecule has 0 aliphatic carbocycles. The molecule has 0 saturated carbocycles. The lowest BCUT2D eigenvalue weighted by molar-refractivity contribution is -0.139. The molecule has 1 fully saturated rings. The van der Waals surface area contributed by atoms with E-state index in [4.69, 9.17) is 5.73 Å². The van der Waals surface area contributed by atoms with E-state index in [1.54, 1.807) is 12.1 Å². The minimum atomic E-state index is -0.935. The van der Waals surface area contributed by atoms with Crippen molar-refractivity contribution < 1.29 is 24.3 Å². The molecule has 3 rings (SSSR count). The predicted molar refractivity (Wildman–Crippen MR) is 160 cm³/mol. The molecule has 0 radical (unpaired) electrons. The van der Waals surface area contributed by atoms with Crippen LogP contribution in [0, 0.1) is 5.92 Å². The van der Waals surface area contributed by atoms with Crippen LogP contribution in [0.25, 0.3) is 0 Å². The molecule has 2 aromatic carbocycles. The first-order valence-electron chi connectivity index (χ1n) is 14.5. The summed E-state index contributed by atoms with van der Waals surface area (Å²) in [5.41, 5.74) is 7.67. The van der Waals surface area contributed by atoms with Gasteiger partial charge >= 0.3 is 0 Å². The molecule has 7 N–H and O–H groups in total. The van der Waals surface area contributed by atoms with Gasteiger partial charge in [-0.15, -0.1) is 0 Å². The number of aromatic hydroxyl groups is 1. The van der Waals surface area contributed by atoms with Crippen LogP contribution in [0.4, 0.5) is 0 Å². The van der Waals surface area contributed by atoms with Crippen LogP contribution in [-0.2, 0) is 32.0 Å². The fourth-order valence-corrected chi connectivity index (χ4v) is 4.99. The van der Waals surface area contributed by atoms with Crippen molar-refractivity contribution in [1.29, 1.82) is 0 Å². The third-order valence-electron chi connectivity index (χ3n) is 7.20. The Morgan fingerprint density at radius 2 is 1.62 bits per heavy atom. The summed E-state index contributed by atoms with van der Waals surface area (Å²) in [4.78, 5) is 53.7. The van der Waals surface area contributed by atoms with E-state index in [0.29, 0.717) is 32.0 Å². The fraction of sp³-hybridized carbons (Fsp3) is 0.484. The van der Waals surface area contributed by atoms with E-state index in [0.717, 1.165) is 17.5 Å². The van der Waals surface area contributed by atoms with Gasteiger partial charge in [-0.2, -0.15) is 0 Å². The zero-order valence-corrected chi connectivity index (χ0v) is 24.6. The molecule has 11 nitrogen and oxygen atoms in total. The molecule has 1 aliphatic heterocycles. The number of piperazine rings is 1. The van der Waals surface area contributed by atoms with Gasteiger partial charge in [0, 0.05) is 32.1 Å². The maximum absolute atomic E-state index is 13.7. The molecule has 4 atom stereocenters. The van der Waals surface area contributed by atoms with Crippen molar-refractivity contribution in [3.8, 4) is 5.75 Å². The topological polar surface area (TPSA) is 166 Å². The van der Waals surface area contributed by atoms with Crippen molar-refractivity contribution in [3.63, 3.8) is 0 Å². The SMILES string of the molecule is CC(C)C[C@H]1CNCCN1C(=O)[C@H](Cc1ccccc1)NC(=O)CNC(=O)[C@@H](C)NC(=O)[C@@H](N)Cc1ccc(O)cc1. The van der Waals surface area contributed by atoms with Crippen LogP contribution in [0.5, 0.6) is 5.75 Å². The summed E-state index contributed by atoms with van der Waals surface area (Å²) in [5.74, 6) is -1.20. The molecule has 228 valence electrons. The van der Waals surface area contributed by atoms with E-state index in [1.165, 1.54) is 19.1 Å². The van der Waals surface area contributed by atoms with Crippen LogP contribution in [0.3, 0.4) is 0 Å². The van der Waals surface area contributed by atoms with Gasteiger partial charge in [-0.05, 0) is 48.9 Å². The maximum atomic E-state index is 13.7. The third-order valence-corrected chi connectivity index (χ3v) is 7.20. The zero-order chi connectivity index (χ0) is 30.6. The standard InChI is InChI=1S/C31H44N6O5/c1-20(2)15-24-18-33-13-14-37(24)31(42)27(17-22-7-5-4-6-8-22)36-28(39)19-34-29(40)21(3)35-30(41)26(32)16-23-9-11-25(38)12-10-23/h4-12,20-21,24,26-27,33,38H,13-19,32H2,1-3H3,(H,34,40)(H,35,41)(H,36,39)/t21-,24+,26+,27+/m1/s1. The summed E-state index contributed by atoms with van der Waals surface area (Å²) < 4.78 is 0. The van der Waals surface area contributed by atoms with Crippen LogP contribution in [-0.4, -0.2) is 84.0 Å². The highest BCUT2D eigenvalue weighted by atomic mass is 16.3. The fourth-order valence-electron chi connectivity index (χ4n) is 4.99. The Morgan fingerprint density at radius 1 is 0.952 bits per heavy atom. The van der Waals surface area contributed by atoms with Crippen molar-refractivity contribution in [1.82, 2.24) is 26.2 Å². The highest BCUT2D eigenvalue weighted by Crippen LogP contribution is 2.16. The Balaban J connectivity index is 1.56. The molecule has 0 aromatic heterocycles. The molecule has 1 saturated heterocycles. The smallest absolute Gasteiger partial charge is 0.245 e. The van der Waals surface area contributed by atoms with Gasteiger partial charge in [0.1, 0.15) is 17.8 Å². The first-order valence-corrected chi connectivity index (χ1v) is 14.5. The number of rotatable bonds is 13. The first-order chi connectivity index (χ1) is 20.0. The summed E-state index contributed by atoms with van der Waals surface area (Å²) in [5, 5.41) is 20.7. The van der Waals surface area contributed by atoms with Gasteiger partial charge in [-0.3, -0.25) is 19.2 Å². The monoisotopic (exact) mass is 580 g/mol. The number of phenols is 1. The predicted octanol–water partition coefficient (Wildman–Crippen LogP) is 0.457. The second-order valence-corrected chi connectivity index (χ2v) is 11.3. The quantitative estimate of drug-likeness (QED) is 0.200. The van der Waals surface area contributed by atoms with E-state index in [-0.39, 0.29) is 30.7 Å². The number of hydrogen-bond acceptors (Lipinski definition) is 7. The summed E-state index contributed by atoms with van der Waals surface area (Å²) in [6.45, 7) is 7.33. The highest BCUT2D eigenvalue weighted by molar-refractivity contribution is 5.93. The Bertz CT molecular complexity index is 1190. The molecule has 1 heterocycles. The van der Waals surface area contributed by atoms with Crippen molar-refractivity contribution in [2.45, 2.75) is 64.2 Å². The van der Waals surface area contributed by atoms with E-state index in [2.05, 4.69) is 35.1 Å². The number of nitrogens with one attached hydrogen (secondary N) is 4. The normalized spacial score (nSPS) is 17.2. The average molecular weight is 581 g/mol. The van der Waals surface area contributed by atoms with Crippen LogP contribution < -0.4 is 27.0 Å². The largest absolute Gasteiger partial charge is 0.508 e. The Hall–Kier alpha value is -3.96. The second-order valence-electron chi connectivity index (χ2n) is 11.3. The molecule has 11 heteroatoms. The Morgan fingerprint density at radius 3 is 2.29 bits per heavy atom. The van der Waals surface area contributed by atoms with Crippen LogP contribution in [0.15, 0.2) is 54.6 Å². The number of carbonyl (C=O) groups excluding carboxylic acids is 4. The molecule has 42 heavy (non-hydrogen) atoms. The first kappa shape index (κ1) is 32.6. The van der Waals surface area contributed by atoms with Gasteiger partial charge in [0.05, 0.1) is 12.6 Å². The second kappa shape index (κ2) is 15.9. The van der Waals surface area contributed by atoms with Gasteiger partial charge in [0.25, 0.3) is 0 Å². The van der Waals surface area contributed by atoms with Gasteiger partial charge in [0.2, 0.25) is 23.6 Å². The van der Waals surface area contributed by atoms with Gasteiger partial charge in [-0.25, -0.2) is 0 Å². The number of nitrogens with two attached hydrogens (primary N) is 1. The number of carbonyl (C=O) groups is 4. The molecule has 0 spiro atoms. The van der Waals surface area contributed by atoms with Crippen molar-refractivity contribution in [3.05, 3.63) is 65.7 Å². The lowest BCUT2D eigenvalue weighted by atomic mass is 9.98. The summed E-state index contributed by atoms with van der Waals surface area (Å²) in [6, 6.07) is 13.2. The number of nitrogens with zero attached hydrogens (tertiary/aromatic N) is 1. The van der Waals surface area contributed by atoms with E-state index >= 15 is 0 Å². The Labute approximate surface area is 247 Å². The van der Waals surface area contributed by atoms with Crippen LogP contribution in [0.2, 0.25) is 0 Å². The zero-order valence-electron chi connectivity index (χ0n) is 24.6. The third kappa shape index (κ3) is 10.1. The molecular formula is C31H44N6O5. The van der Waals surface area contributed by atoms with E-state index in [9.17, 15) is 24.3 Å². The van der Waals surface area contributed by atoms with Crippen molar-refractivity contribution >= 4 is 23.6 Å². The molecule has 4 amide bonds. The van der Waals surface area contributed by atoms with Gasteiger partial charge < -0.3 is 37.0 Å². The van der Waals surface area contributed by atoms with Crippen LogP contribution in [0.1, 0.15) is 38.3 Å². The minimum absolute atomic E-state index is 0.0333. The lowest BCUT2D eigenvalue weighted by Crippen LogP contribution is -2.60. The lowest BCUT2D eigenvalue weighted by Gasteiger charge is -2.39. The average Bonchev–Trinajstić information content (AvgIpc) is 2.96. The van der Waals surface area contributed by atoms with Gasteiger partial charge in [-0.1, -0.05) is 56.3 Å². The van der Waals surface area contributed by atoms with Crippen LogP contribution >= 0.6 is 0 Å². The molecule has 1 aliphatic rings. The molecule has 0 bridgehead atoms. The number of amides is 4. The highest BCUT2D eigenvalue weighted by Gasteiger charge is 2.33. The summed E-state index contributed by atoms with van der Waals surface area (Å²) in [7, 11) is 0. The number of benzene rings is 2. The number of phenolic OH excluding ortho intramolecular Hbond substituents is 1. The Kier molecular flexibility index (Phi) is 12.3. The van der Waals surface area contributed by atoms with Gasteiger partial charge in [0.15, 0.2) is 0 Å². The minimum Gasteiger partial charge on any atom is -0.508 e. The summed E-state index contributed by atoms with van der Waals surface area (Å²) in [6.07, 6.45) is 1.40. The molecular weight excluding hydrogens is 536 g/mol. The molecule has 2 aromatic rings.